The number of nitrogens with two attached hydrogens (primary N) is 1. The van der Waals surface area contributed by atoms with E-state index in [4.69, 9.17) is 5.73 Å². The summed E-state index contributed by atoms with van der Waals surface area (Å²) < 4.78 is 0.974. The van der Waals surface area contributed by atoms with Gasteiger partial charge in [0.2, 0.25) is 0 Å². The second-order valence-electron chi connectivity index (χ2n) is 4.46. The third-order valence-electron chi connectivity index (χ3n) is 2.84. The number of nitrogens with zero attached hydrogens (tertiary/aromatic N) is 2. The van der Waals surface area contributed by atoms with Gasteiger partial charge in [0.25, 0.3) is 0 Å². The molecule has 0 amide bonds. The molecule has 0 unspecified atom stereocenters. The van der Waals surface area contributed by atoms with Gasteiger partial charge in [0.1, 0.15) is 5.03 Å². The highest BCUT2D eigenvalue weighted by Gasteiger charge is 2.07. The first kappa shape index (κ1) is 13.4. The Balaban J connectivity index is 2.10. The van der Waals surface area contributed by atoms with Gasteiger partial charge in [0.05, 0.1) is 5.52 Å². The molecular weight excluding hydrogens is 334 g/mol. The smallest absolute Gasteiger partial charge is 0.101 e. The zero-order valence-electron chi connectivity index (χ0n) is 10.8. The number of benzene rings is 1. The maximum absolute atomic E-state index is 5.89. The molecule has 0 aliphatic carbocycles. The molecule has 0 saturated carbocycles. The standard InChI is InChI=1S/C15H12BrN3S/c1-9-6-14(20-15-5-2-10(16)8-18-15)12-7-11(17)3-4-13(12)19-9/h2-8H,17H2,1H3. The van der Waals surface area contributed by atoms with Gasteiger partial charge < -0.3 is 5.73 Å². The highest BCUT2D eigenvalue weighted by Crippen LogP contribution is 2.33. The lowest BCUT2D eigenvalue weighted by atomic mass is 10.2. The fourth-order valence-corrected chi connectivity index (χ4v) is 3.16. The second kappa shape index (κ2) is 5.42. The number of aromatic nitrogens is 2. The molecule has 1 aromatic carbocycles. The van der Waals surface area contributed by atoms with Crippen molar-refractivity contribution in [1.82, 2.24) is 9.97 Å². The third kappa shape index (κ3) is 2.78. The topological polar surface area (TPSA) is 51.8 Å². The van der Waals surface area contributed by atoms with Crippen LogP contribution in [-0.2, 0) is 0 Å². The first-order valence-corrected chi connectivity index (χ1v) is 7.69. The minimum atomic E-state index is 0.744. The van der Waals surface area contributed by atoms with E-state index in [9.17, 15) is 0 Å². The van der Waals surface area contributed by atoms with Crippen molar-refractivity contribution in [1.29, 1.82) is 0 Å². The molecule has 100 valence electrons. The van der Waals surface area contributed by atoms with E-state index >= 15 is 0 Å². The van der Waals surface area contributed by atoms with Crippen LogP contribution in [0.5, 0.6) is 0 Å². The minimum absolute atomic E-state index is 0.744. The predicted octanol–water partition coefficient (Wildman–Crippen LogP) is 4.43. The van der Waals surface area contributed by atoms with Crippen molar-refractivity contribution in [2.75, 3.05) is 5.73 Å². The van der Waals surface area contributed by atoms with E-state index in [2.05, 4.69) is 32.0 Å². The normalized spacial score (nSPS) is 10.9. The van der Waals surface area contributed by atoms with Crippen molar-refractivity contribution in [2.45, 2.75) is 16.8 Å². The van der Waals surface area contributed by atoms with Gasteiger partial charge in [-0.15, -0.1) is 0 Å². The molecule has 0 atom stereocenters. The van der Waals surface area contributed by atoms with Crippen LogP contribution in [0.1, 0.15) is 5.69 Å². The van der Waals surface area contributed by atoms with E-state index < -0.39 is 0 Å². The summed E-state index contributed by atoms with van der Waals surface area (Å²) in [5.74, 6) is 0. The molecular formula is C15H12BrN3S. The molecule has 5 heteroatoms. The minimum Gasteiger partial charge on any atom is -0.399 e. The van der Waals surface area contributed by atoms with Gasteiger partial charge >= 0.3 is 0 Å². The molecule has 2 heterocycles. The highest BCUT2D eigenvalue weighted by molar-refractivity contribution is 9.10. The summed E-state index contributed by atoms with van der Waals surface area (Å²) >= 11 is 5.01. The van der Waals surface area contributed by atoms with Crippen LogP contribution in [0.2, 0.25) is 0 Å². The fraction of sp³-hybridized carbons (Fsp3) is 0.0667. The Bertz CT molecular complexity index is 772. The Morgan fingerprint density at radius 3 is 2.75 bits per heavy atom. The molecule has 0 aliphatic rings. The Labute approximate surface area is 129 Å². The van der Waals surface area contributed by atoms with Gasteiger partial charge in [-0.05, 0) is 59.3 Å². The van der Waals surface area contributed by atoms with E-state index in [1.54, 1.807) is 18.0 Å². The van der Waals surface area contributed by atoms with E-state index in [0.29, 0.717) is 0 Å². The third-order valence-corrected chi connectivity index (χ3v) is 4.32. The average molecular weight is 346 g/mol. The summed E-state index contributed by atoms with van der Waals surface area (Å²) in [5.41, 5.74) is 8.57. The molecule has 0 fully saturated rings. The van der Waals surface area contributed by atoms with E-state index in [-0.39, 0.29) is 0 Å². The van der Waals surface area contributed by atoms with Gasteiger partial charge in [0.15, 0.2) is 0 Å². The summed E-state index contributed by atoms with van der Waals surface area (Å²) in [6.45, 7) is 1.99. The summed E-state index contributed by atoms with van der Waals surface area (Å²) in [4.78, 5) is 10.1. The van der Waals surface area contributed by atoms with Crippen LogP contribution in [-0.4, -0.2) is 9.97 Å². The lowest BCUT2D eigenvalue weighted by Crippen LogP contribution is -1.90. The van der Waals surface area contributed by atoms with Gasteiger partial charge in [0, 0.05) is 32.3 Å². The van der Waals surface area contributed by atoms with Crippen LogP contribution in [0.25, 0.3) is 10.9 Å². The number of hydrogen-bond donors (Lipinski definition) is 1. The zero-order valence-corrected chi connectivity index (χ0v) is 13.2. The van der Waals surface area contributed by atoms with Crippen molar-refractivity contribution in [2.24, 2.45) is 0 Å². The summed E-state index contributed by atoms with van der Waals surface area (Å²) in [6, 6.07) is 11.8. The van der Waals surface area contributed by atoms with Crippen molar-refractivity contribution < 1.29 is 0 Å². The van der Waals surface area contributed by atoms with Crippen LogP contribution in [0.15, 0.2) is 57.0 Å². The number of hydrogen-bond acceptors (Lipinski definition) is 4. The number of halogens is 1. The van der Waals surface area contributed by atoms with E-state index in [0.717, 1.165) is 36.7 Å². The lowest BCUT2D eigenvalue weighted by Gasteiger charge is -2.08. The molecule has 3 aromatic rings. The summed E-state index contributed by atoms with van der Waals surface area (Å²) in [5, 5.41) is 2.01. The van der Waals surface area contributed by atoms with Crippen molar-refractivity contribution in [3.63, 3.8) is 0 Å². The van der Waals surface area contributed by atoms with Gasteiger partial charge in [-0.1, -0.05) is 11.8 Å². The van der Waals surface area contributed by atoms with Crippen molar-refractivity contribution >= 4 is 44.3 Å². The predicted molar refractivity (Wildman–Crippen MR) is 87.0 cm³/mol. The van der Waals surface area contributed by atoms with Crippen molar-refractivity contribution in [3.05, 3.63) is 52.8 Å². The van der Waals surface area contributed by atoms with Gasteiger partial charge in [-0.3, -0.25) is 4.98 Å². The molecule has 0 aliphatic heterocycles. The lowest BCUT2D eigenvalue weighted by molar-refractivity contribution is 1.12. The second-order valence-corrected chi connectivity index (χ2v) is 6.43. The molecule has 0 saturated heterocycles. The average Bonchev–Trinajstić information content (AvgIpc) is 2.42. The molecule has 2 N–H and O–H groups in total. The SMILES string of the molecule is Cc1cc(Sc2ccc(Br)cn2)c2cc(N)ccc2n1. The quantitative estimate of drug-likeness (QED) is 0.697. The van der Waals surface area contributed by atoms with Crippen LogP contribution in [0.4, 0.5) is 5.69 Å². The fourth-order valence-electron chi connectivity index (χ4n) is 1.96. The summed E-state index contributed by atoms with van der Waals surface area (Å²) in [7, 11) is 0. The van der Waals surface area contributed by atoms with Crippen LogP contribution >= 0.6 is 27.7 Å². The van der Waals surface area contributed by atoms with E-state index in [1.807, 2.05) is 37.3 Å². The zero-order chi connectivity index (χ0) is 14.1. The maximum atomic E-state index is 5.89. The molecule has 0 bridgehead atoms. The molecule has 3 nitrogen and oxygen atoms in total. The molecule has 3 rings (SSSR count). The van der Waals surface area contributed by atoms with Crippen LogP contribution in [0, 0.1) is 6.92 Å². The first-order valence-electron chi connectivity index (χ1n) is 6.08. The Hall–Kier alpha value is -1.59. The van der Waals surface area contributed by atoms with E-state index in [1.165, 1.54) is 0 Å². The van der Waals surface area contributed by atoms with Crippen molar-refractivity contribution in [3.8, 4) is 0 Å². The van der Waals surface area contributed by atoms with Crippen LogP contribution < -0.4 is 5.73 Å². The Morgan fingerprint density at radius 2 is 2.00 bits per heavy atom. The maximum Gasteiger partial charge on any atom is 0.101 e. The largest absolute Gasteiger partial charge is 0.399 e. The van der Waals surface area contributed by atoms with Crippen LogP contribution in [0.3, 0.4) is 0 Å². The monoisotopic (exact) mass is 345 g/mol. The first-order chi connectivity index (χ1) is 9.61. The number of anilines is 1. The molecule has 0 spiro atoms. The van der Waals surface area contributed by atoms with Gasteiger partial charge in [-0.2, -0.15) is 0 Å². The Kier molecular flexibility index (Phi) is 3.63. The molecule has 20 heavy (non-hydrogen) atoms. The number of rotatable bonds is 2. The Morgan fingerprint density at radius 1 is 1.15 bits per heavy atom. The number of pyridine rings is 2. The number of aryl methyl sites for hydroxylation is 1. The highest BCUT2D eigenvalue weighted by atomic mass is 79.9. The molecule has 0 radical (unpaired) electrons. The number of fused-ring (bicyclic) bond motifs is 1. The summed E-state index contributed by atoms with van der Waals surface area (Å²) in [6.07, 6.45) is 1.80. The van der Waals surface area contributed by atoms with Gasteiger partial charge in [-0.25, -0.2) is 4.98 Å². The molecule has 2 aromatic heterocycles. The number of nitrogen functional groups attached to an aromatic ring is 1.